The van der Waals surface area contributed by atoms with Crippen molar-refractivity contribution >= 4 is 38.5 Å². The van der Waals surface area contributed by atoms with Crippen molar-refractivity contribution in [2.45, 2.75) is 89.2 Å². The molecular weight excluding hydrogens is 602 g/mol. The van der Waals surface area contributed by atoms with Crippen LogP contribution in [-0.4, -0.2) is 85.6 Å². The summed E-state index contributed by atoms with van der Waals surface area (Å²) in [5.41, 5.74) is 2.23. The number of nitrogens with one attached hydrogen (secondary N) is 1. The lowest BCUT2D eigenvalue weighted by Crippen LogP contribution is -2.70. The number of aromatic nitrogens is 3. The molecule has 5 saturated carbocycles. The molecular formula is C34H39N7O4S. The zero-order chi connectivity index (χ0) is 31.6. The van der Waals surface area contributed by atoms with Crippen molar-refractivity contribution in [1.29, 1.82) is 5.26 Å². The van der Waals surface area contributed by atoms with Crippen molar-refractivity contribution in [2.24, 2.45) is 16.7 Å². The molecule has 2 aromatic heterocycles. The second-order valence-corrected chi connectivity index (χ2v) is 15.3. The summed E-state index contributed by atoms with van der Waals surface area (Å²) in [6.45, 7) is 4.74. The van der Waals surface area contributed by atoms with Crippen molar-refractivity contribution in [1.82, 2.24) is 24.8 Å². The monoisotopic (exact) mass is 641 g/mol. The van der Waals surface area contributed by atoms with Crippen LogP contribution in [0.3, 0.4) is 0 Å². The maximum atomic E-state index is 13.2. The van der Waals surface area contributed by atoms with Crippen LogP contribution < -0.4 is 5.32 Å². The minimum atomic E-state index is -0.400. The Morgan fingerprint density at radius 1 is 1.15 bits per heavy atom. The Bertz CT molecular complexity index is 1690. The second kappa shape index (κ2) is 11.3. The maximum Gasteiger partial charge on any atom is 0.229 e. The van der Waals surface area contributed by atoms with Gasteiger partial charge in [-0.2, -0.15) is 5.26 Å². The Morgan fingerprint density at radius 2 is 1.93 bits per heavy atom. The van der Waals surface area contributed by atoms with Crippen LogP contribution in [0.4, 0.5) is 5.13 Å². The summed E-state index contributed by atoms with van der Waals surface area (Å²) in [6, 6.07) is 9.00. The number of benzene rings is 1. The number of rotatable bonds is 8. The van der Waals surface area contributed by atoms with Crippen molar-refractivity contribution in [3.63, 3.8) is 0 Å². The van der Waals surface area contributed by atoms with Crippen LogP contribution in [0.25, 0.3) is 21.3 Å². The summed E-state index contributed by atoms with van der Waals surface area (Å²) in [5, 5.41) is 22.9. The zero-order valence-electron chi connectivity index (χ0n) is 26.0. The molecule has 3 heterocycles. The third-order valence-electron chi connectivity index (χ3n) is 11.1. The first kappa shape index (κ1) is 29.9. The number of piperazine rings is 1. The minimum absolute atomic E-state index is 0.0170. The largest absolute Gasteiger partial charge is 0.390 e. The van der Waals surface area contributed by atoms with Gasteiger partial charge in [0.2, 0.25) is 11.8 Å². The van der Waals surface area contributed by atoms with Crippen molar-refractivity contribution in [3.8, 4) is 17.2 Å². The van der Waals surface area contributed by atoms with E-state index < -0.39 is 6.10 Å². The van der Waals surface area contributed by atoms with Crippen LogP contribution in [-0.2, 0) is 20.9 Å². The fourth-order valence-electron chi connectivity index (χ4n) is 8.47. The van der Waals surface area contributed by atoms with Gasteiger partial charge >= 0.3 is 0 Å². The van der Waals surface area contributed by atoms with Gasteiger partial charge in [-0.05, 0) is 76.0 Å². The van der Waals surface area contributed by atoms with E-state index in [4.69, 9.17) is 4.74 Å². The van der Waals surface area contributed by atoms with Crippen LogP contribution in [0, 0.1) is 28.1 Å². The summed E-state index contributed by atoms with van der Waals surface area (Å²) in [4.78, 5) is 44.4. The molecule has 2 amide bonds. The molecule has 0 unspecified atom stereocenters. The fourth-order valence-corrected chi connectivity index (χ4v) is 9.37. The number of nitriles is 1. The number of hydrogen-bond donors (Lipinski definition) is 2. The highest BCUT2D eigenvalue weighted by molar-refractivity contribution is 7.22. The van der Waals surface area contributed by atoms with Crippen LogP contribution in [0.5, 0.6) is 0 Å². The normalized spacial score (nSPS) is 33.5. The van der Waals surface area contributed by atoms with Crippen molar-refractivity contribution in [3.05, 3.63) is 36.4 Å². The first-order chi connectivity index (χ1) is 22.2. The lowest BCUT2D eigenvalue weighted by atomic mass is 9.35. The number of hydrogen-bond acceptors (Lipinski definition) is 10. The number of amides is 2. The lowest BCUT2D eigenvalue weighted by molar-refractivity contribution is -0.198. The third-order valence-corrected chi connectivity index (χ3v) is 12.1. The molecule has 3 aromatic rings. The number of nitrogens with zero attached hydrogens (tertiary/aromatic N) is 6. The van der Waals surface area contributed by atoms with Crippen LogP contribution in [0.15, 0.2) is 30.6 Å². The van der Waals surface area contributed by atoms with E-state index in [1.165, 1.54) is 11.3 Å². The summed E-state index contributed by atoms with van der Waals surface area (Å²) >= 11 is 1.46. The first-order valence-electron chi connectivity index (χ1n) is 16.5. The Hall–Kier alpha value is -3.50. The number of carbonyl (C=O) groups excluding carboxylic acids is 2. The van der Waals surface area contributed by atoms with Gasteiger partial charge in [-0.15, -0.1) is 0 Å². The molecule has 0 radical (unpaired) electrons. The SMILES string of the molecule is C[C@H]1CN(C(=O)C23CC(C#N)(C2)C3)CCN1[C@H]1C[C@@H](C(=O)Nc2nc3ccc(-c4cnc(CO[C@H]5CCC[C@@H]5O)nc4)cc3s2)C1. The number of aliphatic hydroxyl groups excluding tert-OH is 1. The van der Waals surface area contributed by atoms with Gasteiger partial charge in [0.1, 0.15) is 6.61 Å². The van der Waals surface area contributed by atoms with Crippen LogP contribution in [0.1, 0.15) is 64.1 Å². The lowest BCUT2D eigenvalue weighted by Gasteiger charge is -2.66. The van der Waals surface area contributed by atoms with Gasteiger partial charge in [-0.3, -0.25) is 14.5 Å². The highest BCUT2D eigenvalue weighted by atomic mass is 32.1. The molecule has 240 valence electrons. The average molecular weight is 642 g/mol. The van der Waals surface area contributed by atoms with Gasteiger partial charge in [-0.1, -0.05) is 17.4 Å². The van der Waals surface area contributed by atoms with E-state index in [1.807, 2.05) is 23.1 Å². The highest BCUT2D eigenvalue weighted by Crippen LogP contribution is 2.73. The zero-order valence-corrected chi connectivity index (χ0v) is 26.8. The third kappa shape index (κ3) is 5.18. The summed E-state index contributed by atoms with van der Waals surface area (Å²) in [7, 11) is 0. The van der Waals surface area contributed by atoms with E-state index in [0.717, 1.165) is 92.3 Å². The van der Waals surface area contributed by atoms with E-state index in [9.17, 15) is 20.0 Å². The molecule has 6 fully saturated rings. The number of carbonyl (C=O) groups is 2. The van der Waals surface area contributed by atoms with Crippen molar-refractivity contribution in [2.75, 3.05) is 25.0 Å². The van der Waals surface area contributed by atoms with Gasteiger partial charge < -0.3 is 20.1 Å². The molecule has 5 aliphatic carbocycles. The molecule has 9 rings (SSSR count). The van der Waals surface area contributed by atoms with E-state index in [1.54, 1.807) is 12.4 Å². The number of thiazole rings is 1. The Morgan fingerprint density at radius 3 is 2.63 bits per heavy atom. The molecule has 11 nitrogen and oxygen atoms in total. The maximum absolute atomic E-state index is 13.2. The van der Waals surface area contributed by atoms with Gasteiger partial charge in [0.15, 0.2) is 11.0 Å². The highest BCUT2D eigenvalue weighted by Gasteiger charge is 2.72. The average Bonchev–Trinajstić information content (AvgIpc) is 3.59. The first-order valence-corrected chi connectivity index (χ1v) is 17.3. The van der Waals surface area contributed by atoms with Gasteiger partial charge in [-0.25, -0.2) is 15.0 Å². The molecule has 3 atom stereocenters. The van der Waals surface area contributed by atoms with Crippen LogP contribution >= 0.6 is 11.3 Å². The topological polar surface area (TPSA) is 145 Å². The molecule has 1 saturated heterocycles. The number of fused-ring (bicyclic) bond motifs is 1. The van der Waals surface area contributed by atoms with E-state index in [0.29, 0.717) is 17.0 Å². The van der Waals surface area contributed by atoms with Crippen molar-refractivity contribution < 1.29 is 19.4 Å². The Labute approximate surface area is 272 Å². The number of anilines is 1. The predicted molar refractivity (Wildman–Crippen MR) is 171 cm³/mol. The Balaban J connectivity index is 0.820. The van der Waals surface area contributed by atoms with Gasteiger partial charge in [0.25, 0.3) is 0 Å². The van der Waals surface area contributed by atoms with E-state index >= 15 is 0 Å². The fraction of sp³-hybridized carbons (Fsp3) is 0.588. The van der Waals surface area contributed by atoms with Gasteiger partial charge in [0.05, 0.1) is 39.3 Å². The molecule has 12 heteroatoms. The molecule has 46 heavy (non-hydrogen) atoms. The molecule has 1 aliphatic heterocycles. The number of ether oxygens (including phenoxy) is 1. The van der Waals surface area contributed by atoms with Crippen LogP contribution in [0.2, 0.25) is 0 Å². The summed E-state index contributed by atoms with van der Waals surface area (Å²) in [6.07, 6.45) is 9.53. The molecule has 1 aromatic carbocycles. The molecule has 2 bridgehead atoms. The number of aliphatic hydroxyl groups is 1. The quantitative estimate of drug-likeness (QED) is 0.371. The molecule has 2 N–H and O–H groups in total. The molecule has 0 spiro atoms. The molecule has 6 aliphatic rings. The standard InChI is InChI=1S/C34H39N7O4S/c1-20-14-40(31(44)34-16-33(17-34,18-34)19-35)7-8-41(20)24-9-22(10-24)30(43)39-32-38-25-6-5-21(11-28(25)46-32)23-12-36-29(37-13-23)15-45-27-4-2-3-26(27)42/h5-6,11-13,20,22,24,26-27,42H,2-4,7-10,14-18H2,1H3,(H,38,39,43)/t20-,22-,24+,26-,27-,33?,34?/m0/s1. The van der Waals surface area contributed by atoms with E-state index in [-0.39, 0.29) is 47.3 Å². The minimum Gasteiger partial charge on any atom is -0.390 e. The van der Waals surface area contributed by atoms with E-state index in [2.05, 4.69) is 38.2 Å². The summed E-state index contributed by atoms with van der Waals surface area (Å²) < 4.78 is 6.78. The Kier molecular flexibility index (Phi) is 7.36. The smallest absolute Gasteiger partial charge is 0.229 e. The predicted octanol–water partition coefficient (Wildman–Crippen LogP) is 4.13. The second-order valence-electron chi connectivity index (χ2n) is 14.3. The van der Waals surface area contributed by atoms with Gasteiger partial charge in [0, 0.05) is 55.6 Å². The summed E-state index contributed by atoms with van der Waals surface area (Å²) in [5.74, 6) is 0.813.